The number of carbonyl (C=O) groups excluding carboxylic acids is 3. The van der Waals surface area contributed by atoms with Crippen LogP contribution in [0, 0.1) is 5.92 Å². The molecule has 1 N–H and O–H groups in total. The number of unbranched alkanes of at least 4 members (excludes halogenated alkanes) is 1. The number of rotatable bonds is 8. The molecule has 1 saturated heterocycles. The summed E-state index contributed by atoms with van der Waals surface area (Å²) < 4.78 is 5.26. The van der Waals surface area contributed by atoms with Crippen molar-refractivity contribution in [3.8, 4) is 11.4 Å². The Labute approximate surface area is 210 Å². The molecule has 0 saturated carbocycles. The van der Waals surface area contributed by atoms with Gasteiger partial charge in [0.15, 0.2) is 5.82 Å². The highest BCUT2D eigenvalue weighted by Crippen LogP contribution is 2.18. The van der Waals surface area contributed by atoms with E-state index in [1.54, 1.807) is 9.80 Å². The fourth-order valence-electron chi connectivity index (χ4n) is 3.68. The summed E-state index contributed by atoms with van der Waals surface area (Å²) in [6.07, 6.45) is 1.42. The van der Waals surface area contributed by atoms with Gasteiger partial charge >= 0.3 is 6.09 Å². The summed E-state index contributed by atoms with van der Waals surface area (Å²) in [7, 11) is 0. The molecule has 0 bridgehead atoms. The van der Waals surface area contributed by atoms with E-state index in [9.17, 15) is 14.4 Å². The van der Waals surface area contributed by atoms with Crippen LogP contribution in [-0.4, -0.2) is 76.5 Å². The molecular weight excluding hydrogens is 470 g/mol. The van der Waals surface area contributed by atoms with Crippen LogP contribution in [0.5, 0.6) is 0 Å². The maximum atomic E-state index is 13.3. The van der Waals surface area contributed by atoms with Gasteiger partial charge in [0.2, 0.25) is 5.91 Å². The number of hydrogen-bond donors (Lipinski definition) is 1. The van der Waals surface area contributed by atoms with E-state index in [0.29, 0.717) is 38.6 Å². The summed E-state index contributed by atoms with van der Waals surface area (Å²) in [6, 6.07) is 9.85. The molecule has 2 aromatic rings. The smallest absolute Gasteiger partial charge is 0.409 e. The molecule has 3 amide bonds. The molecule has 0 spiro atoms. The number of hydrogen-bond acceptors (Lipinski definition) is 6. The summed E-state index contributed by atoms with van der Waals surface area (Å²) in [5, 5.41) is 2.96. The molecule has 3 rings (SSSR count). The van der Waals surface area contributed by atoms with Gasteiger partial charge in [0.05, 0.1) is 6.61 Å². The minimum absolute atomic E-state index is 0.0851. The molecule has 1 aromatic heterocycles. The fraction of sp³-hybridized carbons (Fsp3) is 0.480. The van der Waals surface area contributed by atoms with Crippen LogP contribution in [0.4, 0.5) is 4.79 Å². The number of amides is 3. The molecule has 188 valence electrons. The van der Waals surface area contributed by atoms with Crippen molar-refractivity contribution >= 4 is 29.5 Å². The van der Waals surface area contributed by atoms with E-state index < -0.39 is 11.9 Å². The highest BCUT2D eigenvalue weighted by atomic mass is 35.5. The number of nitrogens with one attached hydrogen (secondary N) is 1. The number of carbonyl (C=O) groups is 3. The molecular formula is C25H32ClN5O4. The Morgan fingerprint density at radius 2 is 1.71 bits per heavy atom. The Kier molecular flexibility index (Phi) is 9.42. The summed E-state index contributed by atoms with van der Waals surface area (Å²) in [4.78, 5) is 50.3. The van der Waals surface area contributed by atoms with E-state index in [0.717, 1.165) is 18.4 Å². The van der Waals surface area contributed by atoms with Gasteiger partial charge in [-0.25, -0.2) is 14.8 Å². The molecule has 1 atom stereocenters. The lowest BCUT2D eigenvalue weighted by molar-refractivity contribution is -0.135. The van der Waals surface area contributed by atoms with Crippen molar-refractivity contribution in [2.24, 2.45) is 5.92 Å². The Hall–Kier alpha value is -3.20. The lowest BCUT2D eigenvalue weighted by atomic mass is 10.0. The largest absolute Gasteiger partial charge is 0.449 e. The third-order valence-electron chi connectivity index (χ3n) is 5.75. The van der Waals surface area contributed by atoms with Crippen molar-refractivity contribution in [1.82, 2.24) is 25.1 Å². The predicted octanol–water partition coefficient (Wildman–Crippen LogP) is 3.63. The maximum Gasteiger partial charge on any atom is 0.409 e. The molecule has 10 heteroatoms. The Balaban J connectivity index is 1.64. The highest BCUT2D eigenvalue weighted by molar-refractivity contribution is 6.29. The van der Waals surface area contributed by atoms with Gasteiger partial charge in [-0.3, -0.25) is 9.59 Å². The molecule has 9 nitrogen and oxygen atoms in total. The van der Waals surface area contributed by atoms with Crippen LogP contribution in [-0.2, 0) is 9.53 Å². The van der Waals surface area contributed by atoms with Gasteiger partial charge in [0, 0.05) is 37.8 Å². The van der Waals surface area contributed by atoms with Gasteiger partial charge < -0.3 is 19.9 Å². The molecule has 1 aliphatic rings. The molecule has 0 aliphatic carbocycles. The quantitative estimate of drug-likeness (QED) is 0.437. The van der Waals surface area contributed by atoms with Gasteiger partial charge in [-0.05, 0) is 12.3 Å². The first-order valence-electron chi connectivity index (χ1n) is 11.9. The van der Waals surface area contributed by atoms with Crippen molar-refractivity contribution < 1.29 is 19.1 Å². The number of nitrogens with zero attached hydrogens (tertiary/aromatic N) is 4. The maximum absolute atomic E-state index is 13.3. The lowest BCUT2D eigenvalue weighted by Crippen LogP contribution is -2.57. The second-order valence-electron chi connectivity index (χ2n) is 8.74. The molecule has 2 heterocycles. The van der Waals surface area contributed by atoms with Crippen LogP contribution < -0.4 is 5.32 Å². The third kappa shape index (κ3) is 7.14. The molecule has 35 heavy (non-hydrogen) atoms. The summed E-state index contributed by atoms with van der Waals surface area (Å²) in [5.41, 5.74) is 0.813. The minimum Gasteiger partial charge on any atom is -0.449 e. The second kappa shape index (κ2) is 12.5. The number of aromatic nitrogens is 2. The zero-order valence-corrected chi connectivity index (χ0v) is 21.1. The van der Waals surface area contributed by atoms with E-state index >= 15 is 0 Å². The van der Waals surface area contributed by atoms with E-state index in [1.807, 2.05) is 51.1 Å². The van der Waals surface area contributed by atoms with Crippen molar-refractivity contribution in [1.29, 1.82) is 0 Å². The third-order valence-corrected chi connectivity index (χ3v) is 5.95. The highest BCUT2D eigenvalue weighted by Gasteiger charge is 2.32. The molecule has 0 unspecified atom stereocenters. The lowest BCUT2D eigenvalue weighted by Gasteiger charge is -2.36. The van der Waals surface area contributed by atoms with Gasteiger partial charge in [0.25, 0.3) is 5.91 Å². The van der Waals surface area contributed by atoms with Crippen LogP contribution >= 0.6 is 11.6 Å². The van der Waals surface area contributed by atoms with Crippen molar-refractivity contribution in [3.05, 3.63) is 47.2 Å². The first-order valence-corrected chi connectivity index (χ1v) is 12.3. The summed E-state index contributed by atoms with van der Waals surface area (Å²) >= 11 is 6.16. The van der Waals surface area contributed by atoms with Crippen molar-refractivity contribution in [3.63, 3.8) is 0 Å². The zero-order chi connectivity index (χ0) is 25.4. The Morgan fingerprint density at radius 3 is 2.34 bits per heavy atom. The average Bonchev–Trinajstić information content (AvgIpc) is 2.87. The van der Waals surface area contributed by atoms with E-state index in [1.165, 1.54) is 6.07 Å². The number of ether oxygens (including phenoxy) is 1. The zero-order valence-electron chi connectivity index (χ0n) is 20.4. The van der Waals surface area contributed by atoms with Crippen LogP contribution in [0.25, 0.3) is 11.4 Å². The monoisotopic (exact) mass is 501 g/mol. The van der Waals surface area contributed by atoms with Gasteiger partial charge in [0.1, 0.15) is 16.9 Å². The van der Waals surface area contributed by atoms with Crippen LogP contribution in [0.2, 0.25) is 5.15 Å². The topological polar surface area (TPSA) is 105 Å². The first-order chi connectivity index (χ1) is 16.8. The number of halogens is 1. The summed E-state index contributed by atoms with van der Waals surface area (Å²) in [6.45, 7) is 7.68. The number of benzene rings is 1. The molecule has 1 aromatic carbocycles. The van der Waals surface area contributed by atoms with E-state index in [-0.39, 0.29) is 28.8 Å². The average molecular weight is 502 g/mol. The summed E-state index contributed by atoms with van der Waals surface area (Å²) in [5.74, 6) is -0.528. The second-order valence-corrected chi connectivity index (χ2v) is 9.13. The van der Waals surface area contributed by atoms with Gasteiger partial charge in [-0.1, -0.05) is 69.1 Å². The van der Waals surface area contributed by atoms with E-state index in [4.69, 9.17) is 16.3 Å². The van der Waals surface area contributed by atoms with Gasteiger partial charge in [-0.15, -0.1) is 0 Å². The van der Waals surface area contributed by atoms with Crippen LogP contribution in [0.15, 0.2) is 36.4 Å². The van der Waals surface area contributed by atoms with Crippen molar-refractivity contribution in [2.75, 3.05) is 32.8 Å². The molecule has 0 radical (unpaired) electrons. The van der Waals surface area contributed by atoms with Gasteiger partial charge in [-0.2, -0.15) is 0 Å². The van der Waals surface area contributed by atoms with Crippen LogP contribution in [0.3, 0.4) is 0 Å². The standard InChI is InChI=1S/C25H32ClN5O4/c1-4-5-15-35-25(34)31-13-11-30(12-14-31)24(33)21(17(2)3)29-23(32)19-16-20(26)28-22(27-19)18-9-7-6-8-10-18/h6-10,16-17,21H,4-5,11-15H2,1-3H3,(H,29,32)/t21-/m0/s1. The molecule has 1 aliphatic heterocycles. The molecule has 1 fully saturated rings. The normalized spacial score (nSPS) is 14.5. The predicted molar refractivity (Wildman–Crippen MR) is 133 cm³/mol. The number of piperazine rings is 1. The van der Waals surface area contributed by atoms with Crippen molar-refractivity contribution in [2.45, 2.75) is 39.7 Å². The fourth-order valence-corrected chi connectivity index (χ4v) is 3.86. The van der Waals surface area contributed by atoms with E-state index in [2.05, 4.69) is 15.3 Å². The minimum atomic E-state index is -0.750. The SMILES string of the molecule is CCCCOC(=O)N1CCN(C(=O)[C@@H](NC(=O)c2cc(Cl)nc(-c3ccccc3)n2)C(C)C)CC1. The first kappa shape index (κ1) is 26.4. The van der Waals surface area contributed by atoms with Crippen LogP contribution in [0.1, 0.15) is 44.1 Å². The Morgan fingerprint density at radius 1 is 1.06 bits per heavy atom. The Bertz CT molecular complexity index is 1030.